The maximum Gasteiger partial charge on any atom is 0.226 e. The van der Waals surface area contributed by atoms with Gasteiger partial charge in [0.05, 0.1) is 30.3 Å². The zero-order valence-electron chi connectivity index (χ0n) is 13.8. The van der Waals surface area contributed by atoms with E-state index in [1.54, 1.807) is 31.4 Å². The molecule has 5 nitrogen and oxygen atoms in total. The highest BCUT2D eigenvalue weighted by molar-refractivity contribution is 6.31. The van der Waals surface area contributed by atoms with Gasteiger partial charge in [-0.25, -0.2) is 4.39 Å². The SMILES string of the molecule is COc1ccc(C(CC(=O)Nc2cccc(Cl)c2F)NC(C)=O)cc1. The standard InChI is InChI=1S/C18H18ClFN2O3/c1-11(23)21-16(12-6-8-13(25-2)9-7-12)10-17(24)22-15-5-3-4-14(19)18(15)20/h3-9,16H,10H2,1-2H3,(H,21,23)(H,22,24). The number of rotatable bonds is 6. The molecule has 0 bridgehead atoms. The highest BCUT2D eigenvalue weighted by Gasteiger charge is 2.18. The van der Waals surface area contributed by atoms with Gasteiger partial charge in [-0.15, -0.1) is 0 Å². The molecule has 0 saturated heterocycles. The summed E-state index contributed by atoms with van der Waals surface area (Å²) >= 11 is 5.70. The summed E-state index contributed by atoms with van der Waals surface area (Å²) in [7, 11) is 1.55. The quantitative estimate of drug-likeness (QED) is 0.821. The van der Waals surface area contributed by atoms with Crippen LogP contribution in [0.25, 0.3) is 0 Å². The number of carbonyl (C=O) groups excluding carboxylic acids is 2. The molecule has 0 aliphatic heterocycles. The number of hydrogen-bond acceptors (Lipinski definition) is 3. The summed E-state index contributed by atoms with van der Waals surface area (Å²) in [6.07, 6.45) is -0.0577. The molecule has 0 aliphatic rings. The van der Waals surface area contributed by atoms with Crippen LogP contribution in [0.15, 0.2) is 42.5 Å². The molecule has 0 radical (unpaired) electrons. The minimum absolute atomic E-state index is 0.00574. The van der Waals surface area contributed by atoms with Gasteiger partial charge in [-0.3, -0.25) is 9.59 Å². The third-order valence-corrected chi connectivity index (χ3v) is 3.80. The molecule has 2 rings (SSSR count). The highest BCUT2D eigenvalue weighted by atomic mass is 35.5. The molecule has 0 spiro atoms. The Labute approximate surface area is 150 Å². The Hall–Kier alpha value is -2.60. The molecule has 2 N–H and O–H groups in total. The van der Waals surface area contributed by atoms with Gasteiger partial charge in [-0.1, -0.05) is 29.8 Å². The van der Waals surface area contributed by atoms with E-state index in [4.69, 9.17) is 16.3 Å². The number of benzene rings is 2. The van der Waals surface area contributed by atoms with E-state index in [1.165, 1.54) is 25.1 Å². The lowest BCUT2D eigenvalue weighted by Crippen LogP contribution is -2.29. The van der Waals surface area contributed by atoms with Crippen LogP contribution in [0.2, 0.25) is 5.02 Å². The number of hydrogen-bond donors (Lipinski definition) is 2. The average molecular weight is 365 g/mol. The monoisotopic (exact) mass is 364 g/mol. The average Bonchev–Trinajstić information content (AvgIpc) is 2.58. The van der Waals surface area contributed by atoms with Crippen LogP contribution in [0.1, 0.15) is 24.9 Å². The number of carbonyl (C=O) groups is 2. The van der Waals surface area contributed by atoms with Gasteiger partial charge < -0.3 is 15.4 Å². The molecule has 0 aromatic heterocycles. The summed E-state index contributed by atoms with van der Waals surface area (Å²) < 4.78 is 19.0. The van der Waals surface area contributed by atoms with Crippen LogP contribution in [-0.2, 0) is 9.59 Å². The van der Waals surface area contributed by atoms with Crippen molar-refractivity contribution >= 4 is 29.1 Å². The van der Waals surface area contributed by atoms with Crippen molar-refractivity contribution < 1.29 is 18.7 Å². The predicted octanol–water partition coefficient (Wildman–Crippen LogP) is 3.69. The van der Waals surface area contributed by atoms with E-state index in [-0.39, 0.29) is 23.0 Å². The number of amides is 2. The van der Waals surface area contributed by atoms with Gasteiger partial charge in [0.15, 0.2) is 5.82 Å². The van der Waals surface area contributed by atoms with Gasteiger partial charge in [-0.2, -0.15) is 0 Å². The molecule has 0 aliphatic carbocycles. The van der Waals surface area contributed by atoms with Crippen molar-refractivity contribution in [1.29, 1.82) is 0 Å². The van der Waals surface area contributed by atoms with Gasteiger partial charge in [0, 0.05) is 6.92 Å². The topological polar surface area (TPSA) is 67.4 Å². The smallest absolute Gasteiger partial charge is 0.226 e. The number of ether oxygens (including phenoxy) is 1. The number of anilines is 1. The van der Waals surface area contributed by atoms with Crippen LogP contribution in [0, 0.1) is 5.82 Å². The largest absolute Gasteiger partial charge is 0.497 e. The minimum atomic E-state index is -0.696. The second-order valence-corrected chi connectivity index (χ2v) is 5.79. The first-order valence-corrected chi connectivity index (χ1v) is 7.93. The lowest BCUT2D eigenvalue weighted by Gasteiger charge is -2.18. The third-order valence-electron chi connectivity index (χ3n) is 3.51. The zero-order chi connectivity index (χ0) is 18.4. The van der Waals surface area contributed by atoms with Crippen LogP contribution in [0.5, 0.6) is 5.75 Å². The Balaban J connectivity index is 2.13. The molecule has 2 aromatic carbocycles. The van der Waals surface area contributed by atoms with Crippen LogP contribution in [-0.4, -0.2) is 18.9 Å². The lowest BCUT2D eigenvalue weighted by molar-refractivity contribution is -0.120. The van der Waals surface area contributed by atoms with Gasteiger partial charge in [-0.05, 0) is 29.8 Å². The van der Waals surface area contributed by atoms with Crippen molar-refractivity contribution in [1.82, 2.24) is 5.32 Å². The van der Waals surface area contributed by atoms with E-state index in [0.717, 1.165) is 5.56 Å². The maximum absolute atomic E-state index is 13.9. The first-order valence-electron chi connectivity index (χ1n) is 7.55. The summed E-state index contributed by atoms with van der Waals surface area (Å²) in [5.74, 6) is -0.757. The summed E-state index contributed by atoms with van der Waals surface area (Å²) in [5.41, 5.74) is 0.728. The number of nitrogens with one attached hydrogen (secondary N) is 2. The normalized spacial score (nSPS) is 11.5. The number of methoxy groups -OCH3 is 1. The molecule has 0 saturated carbocycles. The zero-order valence-corrected chi connectivity index (χ0v) is 14.6. The molecule has 1 atom stereocenters. The van der Waals surface area contributed by atoms with Crippen molar-refractivity contribution in [3.63, 3.8) is 0 Å². The molecule has 7 heteroatoms. The Morgan fingerprint density at radius 2 is 1.88 bits per heavy atom. The second-order valence-electron chi connectivity index (χ2n) is 5.38. The van der Waals surface area contributed by atoms with E-state index in [1.807, 2.05) is 0 Å². The summed E-state index contributed by atoms with van der Waals surface area (Å²) in [4.78, 5) is 23.7. The molecule has 2 aromatic rings. The van der Waals surface area contributed by atoms with Crippen LogP contribution in [0.3, 0.4) is 0 Å². The maximum atomic E-state index is 13.9. The Morgan fingerprint density at radius 1 is 1.20 bits per heavy atom. The van der Waals surface area contributed by atoms with E-state index < -0.39 is 17.8 Å². The van der Waals surface area contributed by atoms with Crippen molar-refractivity contribution in [2.75, 3.05) is 12.4 Å². The summed E-state index contributed by atoms with van der Waals surface area (Å²) in [6.45, 7) is 1.37. The molecule has 0 fully saturated rings. The van der Waals surface area contributed by atoms with Crippen LogP contribution < -0.4 is 15.4 Å². The molecule has 25 heavy (non-hydrogen) atoms. The van der Waals surface area contributed by atoms with E-state index >= 15 is 0 Å². The fourth-order valence-electron chi connectivity index (χ4n) is 2.32. The first kappa shape index (κ1) is 18.7. The molecular weight excluding hydrogens is 347 g/mol. The lowest BCUT2D eigenvalue weighted by atomic mass is 10.0. The van der Waals surface area contributed by atoms with Crippen molar-refractivity contribution in [2.45, 2.75) is 19.4 Å². The van der Waals surface area contributed by atoms with Gasteiger partial charge >= 0.3 is 0 Å². The van der Waals surface area contributed by atoms with Crippen molar-refractivity contribution in [3.05, 3.63) is 58.9 Å². The van der Waals surface area contributed by atoms with Crippen molar-refractivity contribution in [3.8, 4) is 5.75 Å². The fraction of sp³-hybridized carbons (Fsp3) is 0.222. The van der Waals surface area contributed by atoms with E-state index in [0.29, 0.717) is 5.75 Å². The van der Waals surface area contributed by atoms with Crippen molar-refractivity contribution in [2.24, 2.45) is 0 Å². The summed E-state index contributed by atoms with van der Waals surface area (Å²) in [5, 5.41) is 5.11. The molecule has 1 unspecified atom stereocenters. The fourth-order valence-corrected chi connectivity index (χ4v) is 2.50. The molecular formula is C18H18ClFN2O3. The molecule has 2 amide bonds. The van der Waals surface area contributed by atoms with E-state index in [9.17, 15) is 14.0 Å². The van der Waals surface area contributed by atoms with Gasteiger partial charge in [0.25, 0.3) is 0 Å². The Bertz CT molecular complexity index is 765. The van der Waals surface area contributed by atoms with Gasteiger partial charge in [0.2, 0.25) is 11.8 Å². The Morgan fingerprint density at radius 3 is 2.48 bits per heavy atom. The summed E-state index contributed by atoms with van der Waals surface area (Å²) in [6, 6.07) is 10.8. The van der Waals surface area contributed by atoms with Gasteiger partial charge in [0.1, 0.15) is 5.75 Å². The third kappa shape index (κ3) is 5.19. The molecule has 132 valence electrons. The first-order chi connectivity index (χ1) is 11.9. The molecule has 0 heterocycles. The highest BCUT2D eigenvalue weighted by Crippen LogP contribution is 2.24. The minimum Gasteiger partial charge on any atom is -0.497 e. The van der Waals surface area contributed by atoms with Crippen LogP contribution >= 0.6 is 11.6 Å². The van der Waals surface area contributed by atoms with E-state index in [2.05, 4.69) is 10.6 Å². The van der Waals surface area contributed by atoms with Crippen LogP contribution in [0.4, 0.5) is 10.1 Å². The number of halogens is 2. The second kappa shape index (κ2) is 8.48. The predicted molar refractivity (Wildman–Crippen MR) is 94.2 cm³/mol. The Kier molecular flexibility index (Phi) is 6.36.